The number of hydrogen-bond donors (Lipinski definition) is 4. The third kappa shape index (κ3) is 10.4. The van der Waals surface area contributed by atoms with Crippen molar-refractivity contribution in [1.29, 1.82) is 0 Å². The Kier molecular flexibility index (Phi) is 16.1. The summed E-state index contributed by atoms with van der Waals surface area (Å²) >= 11 is 0.790. The van der Waals surface area contributed by atoms with Crippen LogP contribution in [-0.2, 0) is 51.1 Å². The van der Waals surface area contributed by atoms with Gasteiger partial charge in [-0.05, 0) is 97.3 Å². The number of thioether (sulfide) groups is 1. The van der Waals surface area contributed by atoms with E-state index in [1.54, 1.807) is 12.2 Å². The van der Waals surface area contributed by atoms with Gasteiger partial charge in [0.25, 0.3) is 11.8 Å². The molecule has 2 aliphatic carbocycles. The number of hydrogen-bond acceptors (Lipinski definition) is 11. The van der Waals surface area contributed by atoms with E-state index >= 15 is 9.59 Å². The van der Waals surface area contributed by atoms with E-state index in [0.29, 0.717) is 62.5 Å². The first-order valence-corrected chi connectivity index (χ1v) is 26.8. The van der Waals surface area contributed by atoms with Crippen molar-refractivity contribution in [2.24, 2.45) is 47.3 Å². The van der Waals surface area contributed by atoms with Crippen LogP contribution < -0.4 is 10.6 Å². The second-order valence-electron chi connectivity index (χ2n) is 21.6. The molecule has 2 spiro atoms. The Hall–Kier alpha value is -5.11. The minimum atomic E-state index is -1.95. The Morgan fingerprint density at radius 1 is 0.606 bits per heavy atom. The molecule has 2 aromatic carbocycles. The molecule has 6 aliphatic rings. The molecule has 8 rings (SSSR count). The van der Waals surface area contributed by atoms with Crippen LogP contribution in [0.5, 0.6) is 0 Å². The second kappa shape index (κ2) is 21.9. The van der Waals surface area contributed by atoms with Crippen molar-refractivity contribution in [2.45, 2.75) is 151 Å². The minimum Gasteiger partial charge on any atom is -0.447 e. The number of ether oxygens (including phenoxy) is 2. The fourth-order valence-electron chi connectivity index (χ4n) is 12.8. The highest BCUT2D eigenvalue weighted by molar-refractivity contribution is 8.01. The zero-order chi connectivity index (χ0) is 50.8. The molecule has 2 amide bonds. The van der Waals surface area contributed by atoms with Gasteiger partial charge in [0.05, 0.1) is 24.0 Å². The van der Waals surface area contributed by atoms with Crippen LogP contribution in [0.4, 0.5) is 0 Å². The van der Waals surface area contributed by atoms with Crippen LogP contribution in [0.1, 0.15) is 103 Å². The van der Waals surface area contributed by atoms with Crippen molar-refractivity contribution in [2.75, 3.05) is 0 Å². The van der Waals surface area contributed by atoms with Gasteiger partial charge in [0.15, 0.2) is 0 Å². The van der Waals surface area contributed by atoms with Crippen LogP contribution in [0.2, 0.25) is 0 Å². The van der Waals surface area contributed by atoms with Gasteiger partial charge in [-0.1, -0.05) is 126 Å². The number of rotatable bonds is 6. The predicted molar refractivity (Wildman–Crippen MR) is 272 cm³/mol. The summed E-state index contributed by atoms with van der Waals surface area (Å²) in [7, 11) is 0. The van der Waals surface area contributed by atoms with Crippen molar-refractivity contribution in [3.8, 4) is 0 Å². The second-order valence-corrected chi connectivity index (χ2v) is 23.0. The summed E-state index contributed by atoms with van der Waals surface area (Å²) in [6.45, 7) is 16.5. The molecule has 4 heterocycles. The Morgan fingerprint density at radius 2 is 0.986 bits per heavy atom. The number of aliphatic hydroxyl groups excluding tert-OH is 2. The summed E-state index contributed by atoms with van der Waals surface area (Å²) in [4.78, 5) is 88.8. The molecule has 0 aromatic heterocycles. The highest BCUT2D eigenvalue weighted by atomic mass is 32.2. The Morgan fingerprint density at radius 3 is 1.37 bits per heavy atom. The van der Waals surface area contributed by atoms with Crippen LogP contribution in [0.25, 0.3) is 0 Å². The van der Waals surface area contributed by atoms with Gasteiger partial charge < -0.3 is 30.3 Å². The van der Waals surface area contributed by atoms with E-state index in [1.807, 2.05) is 86.7 Å². The molecule has 2 saturated heterocycles. The Balaban J connectivity index is 1.20. The van der Waals surface area contributed by atoms with Gasteiger partial charge in [-0.25, -0.2) is 0 Å². The van der Waals surface area contributed by atoms with Crippen LogP contribution in [0, 0.1) is 47.3 Å². The number of carbonyl (C=O) groups excluding carboxylic acids is 6. The van der Waals surface area contributed by atoms with Crippen LogP contribution in [-0.4, -0.2) is 91.5 Å². The van der Waals surface area contributed by atoms with Gasteiger partial charge in [0.1, 0.15) is 22.1 Å². The van der Waals surface area contributed by atoms with Crippen LogP contribution >= 0.6 is 11.8 Å². The van der Waals surface area contributed by atoms with Crippen LogP contribution in [0.15, 0.2) is 109 Å². The average Bonchev–Trinajstić information content (AvgIpc) is 3.77. The lowest BCUT2D eigenvalue weighted by Gasteiger charge is -2.49. The van der Waals surface area contributed by atoms with E-state index in [1.165, 1.54) is 0 Å². The average molecular weight is 989 g/mol. The topological polar surface area (TPSA) is 185 Å². The van der Waals surface area contributed by atoms with Crippen molar-refractivity contribution in [1.82, 2.24) is 10.6 Å². The fourth-order valence-corrected chi connectivity index (χ4v) is 14.1. The quantitative estimate of drug-likeness (QED) is 0.166. The molecule has 16 atom stereocenters. The van der Waals surface area contributed by atoms with E-state index in [2.05, 4.69) is 37.6 Å². The molecule has 0 radical (unpaired) electrons. The molecule has 4 N–H and O–H groups in total. The number of benzene rings is 2. The lowest BCUT2D eigenvalue weighted by Crippen LogP contribution is -2.62. The fraction of sp³-hybridized carbons (Fsp3) is 0.552. The normalized spacial score (nSPS) is 39.5. The maximum Gasteiger partial charge on any atom is 0.320 e. The zero-order valence-corrected chi connectivity index (χ0v) is 42.5. The molecule has 4 aliphatic heterocycles. The summed E-state index contributed by atoms with van der Waals surface area (Å²) in [5.74, 6) is -7.71. The largest absolute Gasteiger partial charge is 0.447 e. The number of amides is 2. The molecule has 2 aromatic rings. The van der Waals surface area contributed by atoms with Crippen LogP contribution in [0.3, 0.4) is 0 Å². The zero-order valence-electron chi connectivity index (χ0n) is 41.6. The maximum absolute atomic E-state index is 15.4. The van der Waals surface area contributed by atoms with Crippen molar-refractivity contribution in [3.05, 3.63) is 120 Å². The number of nitrogens with one attached hydrogen (secondary N) is 2. The summed E-state index contributed by atoms with van der Waals surface area (Å²) in [5, 5.41) is 27.6. The minimum absolute atomic E-state index is 0.150. The number of carbonyl (C=O) groups is 6. The van der Waals surface area contributed by atoms with Gasteiger partial charge >= 0.3 is 11.9 Å². The third-order valence-corrected chi connectivity index (χ3v) is 18.1. The summed E-state index contributed by atoms with van der Waals surface area (Å²) in [6, 6.07) is 18.2. The van der Waals surface area contributed by atoms with E-state index < -0.39 is 105 Å². The molecule has 4 fully saturated rings. The number of Topliss-reactive ketones (excluding diaryl/α,β-unsaturated/α-hetero) is 2. The molecule has 13 heteroatoms. The summed E-state index contributed by atoms with van der Waals surface area (Å²) < 4.78 is 13.4. The molecular formula is C58H72N2O10S. The maximum atomic E-state index is 15.4. The molecule has 12 nitrogen and oxygen atoms in total. The van der Waals surface area contributed by atoms with E-state index in [0.717, 1.165) is 22.9 Å². The first-order valence-electron chi connectivity index (χ1n) is 25.9. The van der Waals surface area contributed by atoms with Crippen molar-refractivity contribution < 1.29 is 48.5 Å². The number of aliphatic hydroxyl groups is 2. The summed E-state index contributed by atoms with van der Waals surface area (Å²) in [5.41, 5.74) is -0.982. The Labute approximate surface area is 422 Å². The van der Waals surface area contributed by atoms with E-state index in [9.17, 15) is 29.4 Å². The third-order valence-electron chi connectivity index (χ3n) is 16.8. The summed E-state index contributed by atoms with van der Waals surface area (Å²) in [6.07, 6.45) is 8.93. The van der Waals surface area contributed by atoms with Gasteiger partial charge in [0, 0.05) is 49.6 Å². The molecular weight excluding hydrogens is 917 g/mol. The molecule has 71 heavy (non-hydrogen) atoms. The van der Waals surface area contributed by atoms with Gasteiger partial charge in [-0.15, -0.1) is 11.8 Å². The number of esters is 2. The predicted octanol–water partition coefficient (Wildman–Crippen LogP) is 7.55. The monoisotopic (exact) mass is 988 g/mol. The molecule has 2 saturated carbocycles. The molecule has 0 bridgehead atoms. The number of ketones is 2. The molecule has 0 unspecified atom stereocenters. The highest BCUT2D eigenvalue weighted by Gasteiger charge is 2.70. The lowest BCUT2D eigenvalue weighted by molar-refractivity contribution is -0.186. The van der Waals surface area contributed by atoms with E-state index in [4.69, 9.17) is 9.47 Å². The smallest absolute Gasteiger partial charge is 0.320 e. The SMILES string of the molecule is C=C1[C@@H](C)[C@H]2[C@H](Cc3ccccc3)NC(=O)[C@]23OC(=O)[C@@H](S[C@@H]2CC(=O)CCC[C@@H](C)C/C=C/[C@H]4[C@H](O)C(=C)[C@@H](C)[C@H]5[C@H](Cc6ccccc6)NC(=O)[C@]54OC2=O)CC(=O)CCC[C@@H](C)C/C=C/[C@H]3[C@@H]1O. The van der Waals surface area contributed by atoms with Gasteiger partial charge in [0.2, 0.25) is 11.2 Å². The number of allylic oxidation sites excluding steroid dienone is 2. The van der Waals surface area contributed by atoms with E-state index in [-0.39, 0.29) is 49.1 Å². The van der Waals surface area contributed by atoms with Crippen molar-refractivity contribution >= 4 is 47.1 Å². The first-order chi connectivity index (χ1) is 34.0. The van der Waals surface area contributed by atoms with Crippen molar-refractivity contribution in [3.63, 3.8) is 0 Å². The van der Waals surface area contributed by atoms with Gasteiger partial charge in [-0.2, -0.15) is 0 Å². The standard InChI is InChI=1S/C58H72N2O10S/c1-33-17-13-25-41(61)31-47(53(65)69-57-43(27-15-19-33)51(63)37(5)35(3)49(57)45(59-55(57)67)29-39-21-9-7-10-22-39)71-48-32-42(62)26-14-18-34(2)20-16-28-44-52(64)38(6)36(4)50-46(30-40-23-11-8-12-24-40)60-56(68)58(44,50)70-54(48)66/h7-12,15-16,21-24,27-28,33-36,43-52,63-64H,5-6,13-14,17-20,25-26,29-32H2,1-4H3,(H,59,67)(H,60,68)/b27-15+,28-16+/t33-,34-,35-,36-,43+,44+,45+,46+,47-,48+,49+,50+,51-,52-,57-,58-/m1/s1. The van der Waals surface area contributed by atoms with Gasteiger partial charge in [-0.3, -0.25) is 28.8 Å². The first kappa shape index (κ1) is 52.2. The highest BCUT2D eigenvalue weighted by Crippen LogP contribution is 2.55. The Bertz CT molecular complexity index is 2260. The lowest BCUT2D eigenvalue weighted by atomic mass is 9.59. The molecule has 380 valence electrons.